The fourth-order valence-electron chi connectivity index (χ4n) is 1.29. The van der Waals surface area contributed by atoms with Crippen molar-refractivity contribution in [3.8, 4) is 0 Å². The third-order valence-electron chi connectivity index (χ3n) is 2.14. The van der Waals surface area contributed by atoms with Crippen molar-refractivity contribution in [1.29, 1.82) is 0 Å². The van der Waals surface area contributed by atoms with Gasteiger partial charge in [0.2, 0.25) is 6.79 Å². The first kappa shape index (κ1) is 10.2. The van der Waals surface area contributed by atoms with Crippen molar-refractivity contribution < 1.29 is 18.3 Å². The molecule has 0 amide bonds. The van der Waals surface area contributed by atoms with Crippen molar-refractivity contribution in [3.05, 3.63) is 23.7 Å². The van der Waals surface area contributed by atoms with Crippen LogP contribution >= 0.6 is 27.5 Å². The summed E-state index contributed by atoms with van der Waals surface area (Å²) < 4.78 is 37.5. The Kier molecular flexibility index (Phi) is 2.27. The zero-order valence-corrected chi connectivity index (χ0v) is 9.24. The lowest BCUT2D eigenvalue weighted by Crippen LogP contribution is -2.46. The standard InChI is InChI=1S/C8H6BrClF2O2/c9-3-7(11)2-1-5-6(8(7,10)12)14-4-13-5/h1-2H,3-4H2. The molecule has 0 fully saturated rings. The van der Waals surface area contributed by atoms with Crippen LogP contribution < -0.4 is 0 Å². The van der Waals surface area contributed by atoms with Crippen LogP contribution in [0.1, 0.15) is 0 Å². The van der Waals surface area contributed by atoms with E-state index in [1.54, 1.807) is 0 Å². The van der Waals surface area contributed by atoms with E-state index in [2.05, 4.69) is 15.9 Å². The summed E-state index contributed by atoms with van der Waals surface area (Å²) in [4.78, 5) is 0. The van der Waals surface area contributed by atoms with E-state index in [-0.39, 0.29) is 23.6 Å². The molecule has 14 heavy (non-hydrogen) atoms. The summed E-state index contributed by atoms with van der Waals surface area (Å²) in [5, 5.41) is -2.96. The van der Waals surface area contributed by atoms with Gasteiger partial charge in [0.1, 0.15) is 0 Å². The topological polar surface area (TPSA) is 18.5 Å². The van der Waals surface area contributed by atoms with Crippen LogP contribution in [0.3, 0.4) is 0 Å². The van der Waals surface area contributed by atoms with Crippen molar-refractivity contribution in [1.82, 2.24) is 0 Å². The summed E-state index contributed by atoms with van der Waals surface area (Å²) in [7, 11) is 0. The zero-order valence-electron chi connectivity index (χ0n) is 6.90. The minimum absolute atomic E-state index is 0.133. The van der Waals surface area contributed by atoms with E-state index in [1.165, 1.54) is 6.08 Å². The van der Waals surface area contributed by atoms with Crippen molar-refractivity contribution in [2.24, 2.45) is 0 Å². The number of alkyl halides is 4. The smallest absolute Gasteiger partial charge is 0.282 e. The highest BCUT2D eigenvalue weighted by atomic mass is 79.9. The third-order valence-corrected chi connectivity index (χ3v) is 3.44. The van der Waals surface area contributed by atoms with E-state index in [0.717, 1.165) is 6.08 Å². The molecule has 0 N–H and O–H groups in total. The Morgan fingerprint density at radius 2 is 2.21 bits per heavy atom. The number of halogens is 4. The van der Waals surface area contributed by atoms with Crippen LogP contribution in [0.15, 0.2) is 23.7 Å². The molecule has 0 aromatic heterocycles. The number of allylic oxidation sites excluding steroid dienone is 3. The summed E-state index contributed by atoms with van der Waals surface area (Å²) in [5.41, 5.74) is -2.32. The van der Waals surface area contributed by atoms with Gasteiger partial charge < -0.3 is 9.47 Å². The molecule has 0 radical (unpaired) electrons. The van der Waals surface area contributed by atoms with Crippen LogP contribution in [0.25, 0.3) is 0 Å². The Balaban J connectivity index is 2.45. The summed E-state index contributed by atoms with van der Waals surface area (Å²) in [5.74, 6) is -0.139. The van der Waals surface area contributed by atoms with Crippen LogP contribution in [0, 0.1) is 0 Å². The van der Waals surface area contributed by atoms with Gasteiger partial charge in [-0.3, -0.25) is 0 Å². The second kappa shape index (κ2) is 3.10. The first-order chi connectivity index (χ1) is 6.51. The van der Waals surface area contributed by atoms with Gasteiger partial charge in [-0.15, -0.1) is 0 Å². The second-order valence-electron chi connectivity index (χ2n) is 3.00. The molecule has 2 rings (SSSR count). The van der Waals surface area contributed by atoms with Gasteiger partial charge in [0, 0.05) is 5.33 Å². The van der Waals surface area contributed by atoms with Crippen LogP contribution in [0.2, 0.25) is 0 Å². The zero-order chi connectivity index (χ0) is 10.4. The Bertz CT molecular complexity index is 329. The first-order valence-corrected chi connectivity index (χ1v) is 5.33. The highest BCUT2D eigenvalue weighted by Crippen LogP contribution is 2.49. The molecule has 2 aliphatic rings. The first-order valence-electron chi connectivity index (χ1n) is 3.83. The van der Waals surface area contributed by atoms with E-state index < -0.39 is 10.8 Å². The van der Waals surface area contributed by atoms with E-state index in [9.17, 15) is 8.78 Å². The molecule has 1 aliphatic carbocycles. The average molecular weight is 287 g/mol. The van der Waals surface area contributed by atoms with E-state index in [4.69, 9.17) is 21.1 Å². The summed E-state index contributed by atoms with van der Waals surface area (Å²) in [6.07, 6.45) is 2.35. The van der Waals surface area contributed by atoms with Gasteiger partial charge in [0.25, 0.3) is 5.13 Å². The largest absolute Gasteiger partial charge is 0.454 e. The Morgan fingerprint density at radius 1 is 1.50 bits per heavy atom. The molecule has 0 spiro atoms. The van der Waals surface area contributed by atoms with Crippen molar-refractivity contribution in [3.63, 3.8) is 0 Å². The van der Waals surface area contributed by atoms with E-state index in [1.807, 2.05) is 0 Å². The normalized spacial score (nSPS) is 40.6. The monoisotopic (exact) mass is 286 g/mol. The molecule has 0 bridgehead atoms. The van der Waals surface area contributed by atoms with Gasteiger partial charge in [-0.05, 0) is 12.2 Å². The maximum Gasteiger partial charge on any atom is 0.282 e. The minimum atomic E-state index is -2.71. The summed E-state index contributed by atoms with van der Waals surface area (Å²) in [6, 6.07) is 0. The summed E-state index contributed by atoms with van der Waals surface area (Å²) in [6.45, 7) is -0.133. The number of hydrogen-bond donors (Lipinski definition) is 0. The van der Waals surface area contributed by atoms with Crippen molar-refractivity contribution >= 4 is 27.5 Å². The second-order valence-corrected chi connectivity index (χ2v) is 4.09. The fourth-order valence-corrected chi connectivity index (χ4v) is 2.30. The lowest BCUT2D eigenvalue weighted by atomic mass is 9.94. The van der Waals surface area contributed by atoms with Crippen LogP contribution in [0.5, 0.6) is 0 Å². The quantitative estimate of drug-likeness (QED) is 0.691. The molecular formula is C8H6BrClF2O2. The van der Waals surface area contributed by atoms with Crippen LogP contribution in [-0.2, 0) is 9.47 Å². The highest BCUT2D eigenvalue weighted by molar-refractivity contribution is 9.09. The highest BCUT2D eigenvalue weighted by Gasteiger charge is 2.58. The van der Waals surface area contributed by atoms with E-state index in [0.29, 0.717) is 0 Å². The lowest BCUT2D eigenvalue weighted by Gasteiger charge is -2.32. The van der Waals surface area contributed by atoms with Gasteiger partial charge >= 0.3 is 0 Å². The van der Waals surface area contributed by atoms with Gasteiger partial charge in [0.15, 0.2) is 17.2 Å². The lowest BCUT2D eigenvalue weighted by molar-refractivity contribution is 0.0260. The predicted octanol–water partition coefficient (Wildman–Crippen LogP) is 2.78. The number of ether oxygens (including phenoxy) is 2. The fraction of sp³-hybridized carbons (Fsp3) is 0.500. The van der Waals surface area contributed by atoms with Crippen LogP contribution in [-0.4, -0.2) is 22.9 Å². The molecule has 2 unspecified atom stereocenters. The molecule has 2 atom stereocenters. The van der Waals surface area contributed by atoms with Gasteiger partial charge in [-0.2, -0.15) is 0 Å². The molecule has 0 aromatic carbocycles. The Hall–Kier alpha value is -0.290. The molecule has 1 aliphatic heterocycles. The van der Waals surface area contributed by atoms with Gasteiger partial charge in [0.05, 0.1) is 0 Å². The minimum Gasteiger partial charge on any atom is -0.454 e. The molecule has 6 heteroatoms. The molecular weight excluding hydrogens is 281 g/mol. The maximum absolute atomic E-state index is 13.9. The molecule has 0 saturated carbocycles. The molecule has 0 saturated heterocycles. The van der Waals surface area contributed by atoms with Crippen molar-refractivity contribution in [2.75, 3.05) is 12.1 Å². The van der Waals surface area contributed by atoms with Gasteiger partial charge in [-0.25, -0.2) is 8.78 Å². The Morgan fingerprint density at radius 3 is 2.86 bits per heavy atom. The number of rotatable bonds is 1. The van der Waals surface area contributed by atoms with Gasteiger partial charge in [-0.1, -0.05) is 27.5 Å². The molecule has 2 nitrogen and oxygen atoms in total. The van der Waals surface area contributed by atoms with Crippen LogP contribution in [0.4, 0.5) is 8.78 Å². The number of hydrogen-bond acceptors (Lipinski definition) is 2. The maximum atomic E-state index is 13.9. The van der Waals surface area contributed by atoms with E-state index >= 15 is 0 Å². The summed E-state index contributed by atoms with van der Waals surface area (Å²) >= 11 is 8.36. The third kappa shape index (κ3) is 1.18. The van der Waals surface area contributed by atoms with Crippen molar-refractivity contribution in [2.45, 2.75) is 10.8 Å². The average Bonchev–Trinajstić information content (AvgIpc) is 2.61. The predicted molar refractivity (Wildman–Crippen MR) is 50.5 cm³/mol. The Labute approximate surface area is 92.6 Å². The molecule has 78 valence electrons. The molecule has 1 heterocycles. The SMILES string of the molecule is FC1(CBr)C=CC2=C(OCO2)C1(F)Cl. The molecule has 0 aromatic rings.